The highest BCUT2D eigenvalue weighted by atomic mass is 35.5. The molecular formula is C18H20ClN5O3S. The molecule has 0 aliphatic rings. The number of benzene rings is 1. The van der Waals surface area contributed by atoms with Crippen LogP contribution in [0.2, 0.25) is 5.02 Å². The minimum Gasteiger partial charge on any atom is -0.442 e. The molecule has 10 heteroatoms. The van der Waals surface area contributed by atoms with Gasteiger partial charge in [0.05, 0.1) is 16.0 Å². The summed E-state index contributed by atoms with van der Waals surface area (Å²) in [5.74, 6) is -0.184. The fourth-order valence-electron chi connectivity index (χ4n) is 2.41. The lowest BCUT2D eigenvalue weighted by Crippen LogP contribution is -2.38. The second-order valence-electron chi connectivity index (χ2n) is 7.08. The molecular weight excluding hydrogens is 402 g/mol. The van der Waals surface area contributed by atoms with Gasteiger partial charge in [-0.25, -0.2) is 4.79 Å². The van der Waals surface area contributed by atoms with Gasteiger partial charge in [-0.05, 0) is 51.1 Å². The first-order chi connectivity index (χ1) is 13.0. The quantitative estimate of drug-likeness (QED) is 0.622. The zero-order valence-electron chi connectivity index (χ0n) is 15.8. The number of nitrogen functional groups attached to an aromatic ring is 1. The number of aromatic nitrogens is 2. The molecule has 3 N–H and O–H groups in total. The third-order valence-electron chi connectivity index (χ3n) is 3.66. The Morgan fingerprint density at radius 2 is 1.93 bits per heavy atom. The average Bonchev–Trinajstić information content (AvgIpc) is 3.15. The smallest absolute Gasteiger partial charge is 0.436 e. The summed E-state index contributed by atoms with van der Waals surface area (Å²) in [6.45, 7) is 5.28. The Kier molecular flexibility index (Phi) is 5.22. The van der Waals surface area contributed by atoms with Crippen molar-refractivity contribution in [3.05, 3.63) is 40.2 Å². The Bertz CT molecular complexity index is 1040. The van der Waals surface area contributed by atoms with Gasteiger partial charge in [-0.2, -0.15) is 4.68 Å². The van der Waals surface area contributed by atoms with Crippen LogP contribution in [0.1, 0.15) is 30.4 Å². The summed E-state index contributed by atoms with van der Waals surface area (Å²) in [6.07, 6.45) is -0.652. The fraction of sp³-hybridized carbons (Fsp3) is 0.278. The number of hydrogen-bond donors (Lipinski definition) is 2. The minimum absolute atomic E-state index is 0.155. The normalized spacial score (nSPS) is 11.5. The van der Waals surface area contributed by atoms with Crippen molar-refractivity contribution in [3.63, 3.8) is 0 Å². The van der Waals surface area contributed by atoms with E-state index < -0.39 is 11.7 Å². The number of rotatable bonds is 3. The van der Waals surface area contributed by atoms with Crippen LogP contribution in [0.3, 0.4) is 0 Å². The van der Waals surface area contributed by atoms with Crippen LogP contribution < -0.4 is 16.2 Å². The molecule has 0 aliphatic heterocycles. The molecule has 0 unspecified atom stereocenters. The Balaban J connectivity index is 1.83. The van der Waals surface area contributed by atoms with Crippen LogP contribution in [0.5, 0.6) is 0 Å². The molecule has 0 saturated carbocycles. The first kappa shape index (κ1) is 20.0. The lowest BCUT2D eigenvalue weighted by molar-refractivity contribution is 0.0524. The summed E-state index contributed by atoms with van der Waals surface area (Å²) in [5.41, 5.74) is 8.76. The molecule has 2 aromatic heterocycles. The number of amides is 1. The van der Waals surface area contributed by atoms with Gasteiger partial charge in [-0.1, -0.05) is 11.6 Å². The second-order valence-corrected chi connectivity index (χ2v) is 8.55. The molecule has 148 valence electrons. The van der Waals surface area contributed by atoms with E-state index in [0.29, 0.717) is 20.1 Å². The van der Waals surface area contributed by atoms with Gasteiger partial charge in [0, 0.05) is 12.1 Å². The van der Waals surface area contributed by atoms with Crippen LogP contribution in [0.25, 0.3) is 10.2 Å². The zero-order chi connectivity index (χ0) is 20.6. The van der Waals surface area contributed by atoms with Crippen molar-refractivity contribution < 1.29 is 14.3 Å². The Hall–Kier alpha value is -2.78. The van der Waals surface area contributed by atoms with E-state index >= 15 is 0 Å². The third kappa shape index (κ3) is 4.20. The SMILES string of the molecule is CN(NC(=O)c1cc2c(N)nn(C(=O)OC(C)(C)C)c2s1)c1ccc(Cl)cc1. The highest BCUT2D eigenvalue weighted by Gasteiger charge is 2.24. The van der Waals surface area contributed by atoms with Gasteiger partial charge in [0.15, 0.2) is 5.82 Å². The number of carbonyl (C=O) groups excluding carboxylic acids is 2. The minimum atomic E-state index is -0.678. The molecule has 28 heavy (non-hydrogen) atoms. The molecule has 1 amide bonds. The molecule has 0 saturated heterocycles. The number of nitrogens with two attached hydrogens (primary N) is 1. The largest absolute Gasteiger partial charge is 0.442 e. The van der Waals surface area contributed by atoms with Crippen LogP contribution >= 0.6 is 22.9 Å². The molecule has 8 nitrogen and oxygen atoms in total. The van der Waals surface area contributed by atoms with Crippen LogP contribution in [-0.2, 0) is 4.74 Å². The lowest BCUT2D eigenvalue weighted by Gasteiger charge is -2.20. The van der Waals surface area contributed by atoms with E-state index in [4.69, 9.17) is 22.1 Å². The van der Waals surface area contributed by atoms with Crippen molar-refractivity contribution in [2.24, 2.45) is 0 Å². The summed E-state index contributed by atoms with van der Waals surface area (Å²) in [7, 11) is 1.71. The molecule has 1 aromatic carbocycles. The van der Waals surface area contributed by atoms with E-state index in [1.165, 1.54) is 0 Å². The Morgan fingerprint density at radius 1 is 1.29 bits per heavy atom. The first-order valence-electron chi connectivity index (χ1n) is 8.37. The number of thiophene rings is 1. The molecule has 0 atom stereocenters. The van der Waals surface area contributed by atoms with E-state index in [0.717, 1.165) is 21.7 Å². The van der Waals surface area contributed by atoms with Crippen molar-refractivity contribution in [2.45, 2.75) is 26.4 Å². The predicted molar refractivity (Wildman–Crippen MR) is 111 cm³/mol. The highest BCUT2D eigenvalue weighted by molar-refractivity contribution is 7.20. The molecule has 0 radical (unpaired) electrons. The number of halogens is 1. The summed E-state index contributed by atoms with van der Waals surface area (Å²) in [5, 5.41) is 6.73. The van der Waals surface area contributed by atoms with Crippen molar-refractivity contribution >= 4 is 56.7 Å². The van der Waals surface area contributed by atoms with Crippen LogP contribution in [-0.4, -0.2) is 34.4 Å². The first-order valence-corrected chi connectivity index (χ1v) is 9.56. The number of carbonyl (C=O) groups is 2. The number of nitrogens with zero attached hydrogens (tertiary/aromatic N) is 3. The summed E-state index contributed by atoms with van der Waals surface area (Å²) < 4.78 is 6.42. The molecule has 0 fully saturated rings. The van der Waals surface area contributed by atoms with E-state index in [2.05, 4.69) is 10.5 Å². The van der Waals surface area contributed by atoms with Crippen molar-refractivity contribution in [1.29, 1.82) is 0 Å². The monoisotopic (exact) mass is 421 g/mol. The van der Waals surface area contributed by atoms with Gasteiger partial charge in [0.25, 0.3) is 5.91 Å². The molecule has 3 aromatic rings. The molecule has 0 bridgehead atoms. The molecule has 3 rings (SSSR count). The van der Waals surface area contributed by atoms with Crippen LogP contribution in [0.15, 0.2) is 30.3 Å². The highest BCUT2D eigenvalue weighted by Crippen LogP contribution is 2.30. The number of anilines is 2. The number of fused-ring (bicyclic) bond motifs is 1. The van der Waals surface area contributed by atoms with Gasteiger partial charge in [0.1, 0.15) is 10.4 Å². The van der Waals surface area contributed by atoms with E-state index in [-0.39, 0.29) is 11.7 Å². The maximum absolute atomic E-state index is 12.6. The van der Waals surface area contributed by atoms with Gasteiger partial charge >= 0.3 is 6.09 Å². The number of hydrazine groups is 1. The number of ether oxygens (including phenoxy) is 1. The van der Waals surface area contributed by atoms with Crippen molar-refractivity contribution in [3.8, 4) is 0 Å². The van der Waals surface area contributed by atoms with E-state index in [9.17, 15) is 9.59 Å². The summed E-state index contributed by atoms with van der Waals surface area (Å²) >= 11 is 6.99. The van der Waals surface area contributed by atoms with Gasteiger partial charge in [0.2, 0.25) is 0 Å². The van der Waals surface area contributed by atoms with Crippen molar-refractivity contribution in [1.82, 2.24) is 15.2 Å². The Labute approximate surface area is 170 Å². The summed E-state index contributed by atoms with van der Waals surface area (Å²) in [6, 6.07) is 8.64. The van der Waals surface area contributed by atoms with Gasteiger partial charge in [-0.15, -0.1) is 16.4 Å². The fourth-order valence-corrected chi connectivity index (χ4v) is 3.53. The topological polar surface area (TPSA) is 102 Å². The number of nitrogens with one attached hydrogen (secondary N) is 1. The van der Waals surface area contributed by atoms with E-state index in [1.807, 2.05) is 0 Å². The van der Waals surface area contributed by atoms with Gasteiger partial charge in [-0.3, -0.25) is 15.2 Å². The standard InChI is InChI=1S/C18H20ClN5O3S/c1-18(2,3)27-17(26)24-16-12(14(20)21-24)9-13(28-16)15(25)22-23(4)11-7-5-10(19)6-8-11/h5-9H,1-4H3,(H2,20,21)(H,22,25). The second kappa shape index (κ2) is 7.33. The van der Waals surface area contributed by atoms with Crippen LogP contribution in [0.4, 0.5) is 16.3 Å². The maximum atomic E-state index is 12.6. The average molecular weight is 422 g/mol. The third-order valence-corrected chi connectivity index (χ3v) is 5.02. The van der Waals surface area contributed by atoms with Gasteiger partial charge < -0.3 is 10.5 Å². The zero-order valence-corrected chi connectivity index (χ0v) is 17.4. The summed E-state index contributed by atoms with van der Waals surface area (Å²) in [4.78, 5) is 25.8. The van der Waals surface area contributed by atoms with Crippen molar-refractivity contribution in [2.75, 3.05) is 17.8 Å². The molecule has 0 spiro atoms. The van der Waals surface area contributed by atoms with Crippen LogP contribution in [0, 0.1) is 0 Å². The van der Waals surface area contributed by atoms with E-state index in [1.54, 1.807) is 63.2 Å². The lowest BCUT2D eigenvalue weighted by atomic mass is 10.2. The predicted octanol–water partition coefficient (Wildman–Crippen LogP) is 3.90. The Morgan fingerprint density at radius 3 is 2.54 bits per heavy atom. The molecule has 0 aliphatic carbocycles. The number of hydrogen-bond acceptors (Lipinski definition) is 7. The molecule has 2 heterocycles. The maximum Gasteiger partial charge on any atom is 0.436 e.